The minimum Gasteiger partial charge on any atom is -0.268 e. The van der Waals surface area contributed by atoms with Gasteiger partial charge in [0.15, 0.2) is 0 Å². The Bertz CT molecular complexity index is 761. The standard InChI is InChI=1S/C9H7FN4O4S2/c1-5-2-6(10)7(14(15)16)3-8(5)20(17,18)12-9-4-11-13-19-9/h2-4,12H,1H3. The predicted octanol–water partition coefficient (Wildman–Crippen LogP) is 1.69. The van der Waals surface area contributed by atoms with Gasteiger partial charge in [-0.25, -0.2) is 8.42 Å². The van der Waals surface area contributed by atoms with Gasteiger partial charge in [-0.15, -0.1) is 5.10 Å². The highest BCUT2D eigenvalue weighted by Gasteiger charge is 2.24. The normalized spacial score (nSPS) is 11.3. The van der Waals surface area contributed by atoms with Crippen LogP contribution in [0.5, 0.6) is 0 Å². The average molecular weight is 318 g/mol. The number of hydrogen-bond acceptors (Lipinski definition) is 7. The lowest BCUT2D eigenvalue weighted by atomic mass is 10.2. The third-order valence-corrected chi connectivity index (χ3v) is 4.54. The van der Waals surface area contributed by atoms with E-state index in [-0.39, 0.29) is 15.5 Å². The molecule has 8 nitrogen and oxygen atoms in total. The van der Waals surface area contributed by atoms with Gasteiger partial charge in [0.05, 0.1) is 16.0 Å². The summed E-state index contributed by atoms with van der Waals surface area (Å²) in [5.74, 6) is -1.09. The van der Waals surface area contributed by atoms with Gasteiger partial charge in [-0.2, -0.15) is 4.39 Å². The molecular weight excluding hydrogens is 311 g/mol. The number of benzene rings is 1. The molecule has 0 bridgehead atoms. The molecule has 2 rings (SSSR count). The van der Waals surface area contributed by atoms with Crippen molar-refractivity contribution in [3.63, 3.8) is 0 Å². The number of aromatic nitrogens is 2. The molecule has 1 heterocycles. The van der Waals surface area contributed by atoms with E-state index in [1.165, 1.54) is 13.1 Å². The van der Waals surface area contributed by atoms with E-state index in [1.54, 1.807) is 0 Å². The number of hydrogen-bond donors (Lipinski definition) is 1. The zero-order chi connectivity index (χ0) is 14.9. The topological polar surface area (TPSA) is 115 Å². The van der Waals surface area contributed by atoms with Gasteiger partial charge < -0.3 is 0 Å². The fourth-order valence-corrected chi connectivity index (χ4v) is 3.40. The Morgan fingerprint density at radius 2 is 2.15 bits per heavy atom. The number of nitro groups is 1. The van der Waals surface area contributed by atoms with Crippen molar-refractivity contribution >= 4 is 32.2 Å². The monoisotopic (exact) mass is 318 g/mol. The number of anilines is 1. The van der Waals surface area contributed by atoms with E-state index < -0.39 is 26.5 Å². The third kappa shape index (κ3) is 2.72. The van der Waals surface area contributed by atoms with Gasteiger partial charge in [-0.3, -0.25) is 14.8 Å². The highest BCUT2D eigenvalue weighted by Crippen LogP contribution is 2.27. The van der Waals surface area contributed by atoms with Crippen molar-refractivity contribution in [2.24, 2.45) is 0 Å². The van der Waals surface area contributed by atoms with E-state index in [4.69, 9.17) is 0 Å². The second-order valence-electron chi connectivity index (χ2n) is 3.71. The summed E-state index contributed by atoms with van der Waals surface area (Å²) in [4.78, 5) is 9.30. The van der Waals surface area contributed by atoms with E-state index in [1.807, 2.05) is 0 Å². The Labute approximate surface area is 116 Å². The Kier molecular flexibility index (Phi) is 3.63. The van der Waals surface area contributed by atoms with Crippen molar-refractivity contribution < 1.29 is 17.7 Å². The first kappa shape index (κ1) is 14.3. The predicted molar refractivity (Wildman–Crippen MR) is 68.5 cm³/mol. The Morgan fingerprint density at radius 1 is 1.45 bits per heavy atom. The molecule has 0 amide bonds. The summed E-state index contributed by atoms with van der Waals surface area (Å²) in [5.41, 5.74) is -0.850. The van der Waals surface area contributed by atoms with Crippen LogP contribution in [-0.4, -0.2) is 22.9 Å². The summed E-state index contributed by atoms with van der Waals surface area (Å²) in [6, 6.07) is 1.49. The van der Waals surface area contributed by atoms with Crippen molar-refractivity contribution in [1.82, 2.24) is 9.59 Å². The fourth-order valence-electron chi connectivity index (χ4n) is 1.47. The molecule has 0 saturated heterocycles. The first-order valence-electron chi connectivity index (χ1n) is 5.06. The number of nitrogens with one attached hydrogen (secondary N) is 1. The number of halogens is 1. The van der Waals surface area contributed by atoms with Crippen LogP contribution < -0.4 is 4.72 Å². The van der Waals surface area contributed by atoms with Crippen molar-refractivity contribution in [3.8, 4) is 0 Å². The lowest BCUT2D eigenvalue weighted by Gasteiger charge is -2.08. The molecule has 11 heteroatoms. The summed E-state index contributed by atoms with van der Waals surface area (Å²) in [5, 5.41) is 14.3. The summed E-state index contributed by atoms with van der Waals surface area (Å²) in [7, 11) is -4.08. The van der Waals surface area contributed by atoms with E-state index in [2.05, 4.69) is 14.3 Å². The van der Waals surface area contributed by atoms with Gasteiger partial charge in [0.2, 0.25) is 5.82 Å². The van der Waals surface area contributed by atoms with Crippen molar-refractivity contribution in [1.29, 1.82) is 0 Å². The molecule has 0 aliphatic rings. The Balaban J connectivity index is 2.51. The zero-order valence-electron chi connectivity index (χ0n) is 9.90. The van der Waals surface area contributed by atoms with Crippen LogP contribution in [0.4, 0.5) is 15.1 Å². The highest BCUT2D eigenvalue weighted by atomic mass is 32.2. The van der Waals surface area contributed by atoms with Crippen LogP contribution >= 0.6 is 11.5 Å². The van der Waals surface area contributed by atoms with Crippen LogP contribution in [0.2, 0.25) is 0 Å². The van der Waals surface area contributed by atoms with Gasteiger partial charge >= 0.3 is 5.69 Å². The van der Waals surface area contributed by atoms with E-state index >= 15 is 0 Å². The average Bonchev–Trinajstić information content (AvgIpc) is 2.79. The number of nitro benzene ring substituents is 1. The lowest BCUT2D eigenvalue weighted by Crippen LogP contribution is -2.14. The molecule has 0 saturated carbocycles. The molecule has 0 fully saturated rings. The first-order valence-corrected chi connectivity index (χ1v) is 7.31. The molecule has 0 aliphatic carbocycles. The van der Waals surface area contributed by atoms with Crippen LogP contribution in [0.15, 0.2) is 23.2 Å². The fraction of sp³-hybridized carbons (Fsp3) is 0.111. The third-order valence-electron chi connectivity index (χ3n) is 2.33. The molecule has 0 atom stereocenters. The first-order chi connectivity index (χ1) is 9.31. The maximum absolute atomic E-state index is 13.4. The minimum atomic E-state index is -4.08. The molecule has 0 aliphatic heterocycles. The molecule has 0 unspecified atom stereocenters. The molecule has 106 valence electrons. The second-order valence-corrected chi connectivity index (χ2v) is 6.15. The molecule has 0 spiro atoms. The smallest absolute Gasteiger partial charge is 0.268 e. The van der Waals surface area contributed by atoms with E-state index in [9.17, 15) is 22.9 Å². The van der Waals surface area contributed by atoms with Gasteiger partial charge in [0, 0.05) is 17.6 Å². The Hall–Kier alpha value is -2.14. The van der Waals surface area contributed by atoms with Crippen LogP contribution in [0.3, 0.4) is 0 Å². The van der Waals surface area contributed by atoms with Crippen molar-refractivity contribution in [2.75, 3.05) is 4.72 Å². The van der Waals surface area contributed by atoms with Crippen LogP contribution in [-0.2, 0) is 10.0 Å². The molecule has 1 N–H and O–H groups in total. The van der Waals surface area contributed by atoms with Crippen LogP contribution in [0.1, 0.15) is 5.56 Å². The number of nitrogens with zero attached hydrogens (tertiary/aromatic N) is 3. The van der Waals surface area contributed by atoms with Crippen LogP contribution in [0, 0.1) is 22.9 Å². The number of rotatable bonds is 4. The van der Waals surface area contributed by atoms with Crippen molar-refractivity contribution in [2.45, 2.75) is 11.8 Å². The van der Waals surface area contributed by atoms with E-state index in [0.29, 0.717) is 6.07 Å². The summed E-state index contributed by atoms with van der Waals surface area (Å²) in [6.07, 6.45) is 1.19. The van der Waals surface area contributed by atoms with E-state index in [0.717, 1.165) is 17.6 Å². The largest absolute Gasteiger partial charge is 0.306 e. The summed E-state index contributed by atoms with van der Waals surface area (Å²) < 4.78 is 43.2. The summed E-state index contributed by atoms with van der Waals surface area (Å²) >= 11 is 0.805. The quantitative estimate of drug-likeness (QED) is 0.677. The van der Waals surface area contributed by atoms with Gasteiger partial charge in [-0.1, -0.05) is 4.49 Å². The molecule has 1 aromatic heterocycles. The maximum atomic E-state index is 13.4. The molecule has 1 aromatic carbocycles. The highest BCUT2D eigenvalue weighted by molar-refractivity contribution is 7.93. The molecular formula is C9H7FN4O4S2. The molecule has 0 radical (unpaired) electrons. The summed E-state index contributed by atoms with van der Waals surface area (Å²) in [6.45, 7) is 1.34. The SMILES string of the molecule is Cc1cc(F)c([N+](=O)[O-])cc1S(=O)(=O)Nc1cnns1. The number of sulfonamides is 1. The van der Waals surface area contributed by atoms with Gasteiger partial charge in [-0.05, 0) is 18.6 Å². The van der Waals surface area contributed by atoms with Gasteiger partial charge in [0.1, 0.15) is 5.00 Å². The molecule has 2 aromatic rings. The Morgan fingerprint density at radius 3 is 2.70 bits per heavy atom. The molecule has 20 heavy (non-hydrogen) atoms. The minimum absolute atomic E-state index is 0.0538. The van der Waals surface area contributed by atoms with Crippen molar-refractivity contribution in [3.05, 3.63) is 39.8 Å². The second kappa shape index (κ2) is 5.09. The maximum Gasteiger partial charge on any atom is 0.306 e. The van der Waals surface area contributed by atoms with Gasteiger partial charge in [0.25, 0.3) is 10.0 Å². The zero-order valence-corrected chi connectivity index (χ0v) is 11.5. The number of aryl methyl sites for hydroxylation is 1. The lowest BCUT2D eigenvalue weighted by molar-refractivity contribution is -0.387. The van der Waals surface area contributed by atoms with Crippen LogP contribution in [0.25, 0.3) is 0 Å².